The Bertz CT molecular complexity index is 840. The second-order valence-corrected chi connectivity index (χ2v) is 9.85. The summed E-state index contributed by atoms with van der Waals surface area (Å²) in [6, 6.07) is 6.15. The number of carbonyl (C=O) groups excluding carboxylic acids is 3. The molecule has 3 fully saturated rings. The lowest BCUT2D eigenvalue weighted by Crippen LogP contribution is -2.46. The minimum Gasteiger partial charge on any atom is -0.462 e. The zero-order valence-electron chi connectivity index (χ0n) is 20.0. The van der Waals surface area contributed by atoms with Gasteiger partial charge in [0.05, 0.1) is 30.3 Å². The van der Waals surface area contributed by atoms with E-state index in [0.717, 1.165) is 31.8 Å². The number of benzene rings is 1. The molecule has 0 N–H and O–H groups in total. The number of hydrogen-bond donors (Lipinski definition) is 0. The molecule has 1 aromatic carbocycles. The molecule has 3 saturated heterocycles. The van der Waals surface area contributed by atoms with E-state index >= 15 is 0 Å². The van der Waals surface area contributed by atoms with Gasteiger partial charge in [0.2, 0.25) is 5.91 Å². The highest BCUT2D eigenvalue weighted by Crippen LogP contribution is 2.30. The van der Waals surface area contributed by atoms with Crippen LogP contribution in [0.2, 0.25) is 0 Å². The fraction of sp³-hybridized carbons (Fsp3) is 0.654. The van der Waals surface area contributed by atoms with E-state index in [4.69, 9.17) is 4.74 Å². The second-order valence-electron chi connectivity index (χ2n) is 9.85. The second kappa shape index (κ2) is 10.8. The maximum absolute atomic E-state index is 13.1. The monoisotopic (exact) mass is 455 g/mol. The molecule has 1 aromatic rings. The van der Waals surface area contributed by atoms with Crippen LogP contribution in [0.3, 0.4) is 0 Å². The molecule has 7 nitrogen and oxygen atoms in total. The van der Waals surface area contributed by atoms with Gasteiger partial charge in [-0.1, -0.05) is 6.92 Å². The first-order chi connectivity index (χ1) is 16.0. The summed E-state index contributed by atoms with van der Waals surface area (Å²) in [5, 5.41) is 0. The number of likely N-dealkylation sites (tertiary alicyclic amines) is 2. The molecule has 0 aliphatic carbocycles. The van der Waals surface area contributed by atoms with Crippen molar-refractivity contribution in [1.29, 1.82) is 0 Å². The van der Waals surface area contributed by atoms with Crippen molar-refractivity contribution < 1.29 is 19.1 Å². The van der Waals surface area contributed by atoms with Crippen LogP contribution in [-0.2, 0) is 14.3 Å². The lowest BCUT2D eigenvalue weighted by Gasteiger charge is -2.36. The number of imide groups is 1. The van der Waals surface area contributed by atoms with E-state index in [0.29, 0.717) is 23.8 Å². The Morgan fingerprint density at radius 3 is 2.30 bits per heavy atom. The number of nitrogens with zero attached hydrogens (tertiary/aromatic N) is 3. The van der Waals surface area contributed by atoms with Crippen LogP contribution < -0.4 is 4.90 Å². The van der Waals surface area contributed by atoms with Crippen molar-refractivity contribution in [2.45, 2.75) is 58.4 Å². The van der Waals surface area contributed by atoms with Gasteiger partial charge in [0.25, 0.3) is 5.91 Å². The zero-order valence-corrected chi connectivity index (χ0v) is 20.0. The van der Waals surface area contributed by atoms with E-state index in [1.54, 1.807) is 31.2 Å². The maximum Gasteiger partial charge on any atom is 0.338 e. The highest BCUT2D eigenvalue weighted by Gasteiger charge is 2.43. The van der Waals surface area contributed by atoms with E-state index < -0.39 is 5.97 Å². The minimum absolute atomic E-state index is 0.148. The lowest BCUT2D eigenvalue weighted by molar-refractivity contribution is -0.123. The quantitative estimate of drug-likeness (QED) is 0.464. The number of esters is 1. The molecule has 0 saturated carbocycles. The van der Waals surface area contributed by atoms with E-state index in [1.807, 2.05) is 0 Å². The smallest absolute Gasteiger partial charge is 0.338 e. The number of ether oxygens (including phenoxy) is 1. The zero-order chi connectivity index (χ0) is 23.4. The van der Waals surface area contributed by atoms with Gasteiger partial charge in [-0.25, -0.2) is 9.69 Å². The van der Waals surface area contributed by atoms with Crippen molar-refractivity contribution in [3.05, 3.63) is 29.8 Å². The van der Waals surface area contributed by atoms with Gasteiger partial charge in [0.15, 0.2) is 0 Å². The van der Waals surface area contributed by atoms with Crippen LogP contribution in [0.25, 0.3) is 0 Å². The van der Waals surface area contributed by atoms with Gasteiger partial charge < -0.3 is 9.64 Å². The SMILES string of the molecule is CCOC(=O)c1ccc(N2C(=O)C[C@@H](N3CCC(CCN4CCC(C)CC4)CC3)C2=O)cc1. The Kier molecular flexibility index (Phi) is 7.81. The topological polar surface area (TPSA) is 70.2 Å². The number of amides is 2. The van der Waals surface area contributed by atoms with Crippen molar-refractivity contribution in [1.82, 2.24) is 9.80 Å². The predicted molar refractivity (Wildman–Crippen MR) is 127 cm³/mol. The molecular weight excluding hydrogens is 418 g/mol. The molecule has 3 aliphatic heterocycles. The van der Waals surface area contributed by atoms with Crippen LogP contribution in [0.5, 0.6) is 0 Å². The normalized spacial score (nSPS) is 23.9. The van der Waals surface area contributed by atoms with Crippen molar-refractivity contribution in [2.24, 2.45) is 11.8 Å². The van der Waals surface area contributed by atoms with Crippen molar-refractivity contribution in [2.75, 3.05) is 44.2 Å². The number of anilines is 1. The Morgan fingerprint density at radius 1 is 1.00 bits per heavy atom. The standard InChI is InChI=1S/C26H37N3O4/c1-3-33-26(32)21-4-6-22(7-5-21)29-24(30)18-23(25(29)31)28-16-11-20(12-17-28)10-15-27-13-8-19(2)9-14-27/h4-7,19-20,23H,3,8-18H2,1-2H3/t23-/m1/s1. The van der Waals surface area contributed by atoms with Gasteiger partial charge in [-0.2, -0.15) is 0 Å². The van der Waals surface area contributed by atoms with Gasteiger partial charge in [-0.3, -0.25) is 14.5 Å². The fourth-order valence-electron chi connectivity index (χ4n) is 5.34. The number of carbonyl (C=O) groups is 3. The summed E-state index contributed by atoms with van der Waals surface area (Å²) in [6.45, 7) is 9.81. The average Bonchev–Trinajstić information content (AvgIpc) is 3.13. The van der Waals surface area contributed by atoms with Crippen LogP contribution in [-0.4, -0.2) is 73.0 Å². The largest absolute Gasteiger partial charge is 0.462 e. The van der Waals surface area contributed by atoms with Crippen LogP contribution in [0.15, 0.2) is 24.3 Å². The van der Waals surface area contributed by atoms with E-state index in [1.165, 1.54) is 43.8 Å². The Labute approximate surface area is 197 Å². The summed E-state index contributed by atoms with van der Waals surface area (Å²) in [7, 11) is 0. The first kappa shape index (κ1) is 23.9. The van der Waals surface area contributed by atoms with Crippen molar-refractivity contribution >= 4 is 23.5 Å². The molecule has 0 aromatic heterocycles. The average molecular weight is 456 g/mol. The molecule has 33 heavy (non-hydrogen) atoms. The van der Waals surface area contributed by atoms with E-state index in [2.05, 4.69) is 16.7 Å². The summed E-state index contributed by atoms with van der Waals surface area (Å²) in [4.78, 5) is 43.8. The van der Waals surface area contributed by atoms with Crippen molar-refractivity contribution in [3.8, 4) is 0 Å². The van der Waals surface area contributed by atoms with E-state index in [9.17, 15) is 14.4 Å². The molecule has 0 bridgehead atoms. The molecular formula is C26H37N3O4. The molecule has 0 unspecified atom stereocenters. The fourth-order valence-corrected chi connectivity index (χ4v) is 5.34. The van der Waals surface area contributed by atoms with Gasteiger partial charge in [0, 0.05) is 0 Å². The van der Waals surface area contributed by atoms with Gasteiger partial charge >= 0.3 is 5.97 Å². The first-order valence-electron chi connectivity index (χ1n) is 12.6. The Hall–Kier alpha value is -2.25. The van der Waals surface area contributed by atoms with Crippen LogP contribution >= 0.6 is 0 Å². The van der Waals surface area contributed by atoms with Crippen LogP contribution in [0, 0.1) is 11.8 Å². The number of rotatable bonds is 7. The molecule has 7 heteroatoms. The summed E-state index contributed by atoms with van der Waals surface area (Å²) < 4.78 is 5.00. The molecule has 1 atom stereocenters. The third kappa shape index (κ3) is 5.64. The minimum atomic E-state index is -0.404. The summed E-state index contributed by atoms with van der Waals surface area (Å²) >= 11 is 0. The number of hydrogen-bond acceptors (Lipinski definition) is 6. The third-order valence-corrected chi connectivity index (χ3v) is 7.58. The van der Waals surface area contributed by atoms with Gasteiger partial charge in [0.1, 0.15) is 0 Å². The predicted octanol–water partition coefficient (Wildman–Crippen LogP) is 3.33. The third-order valence-electron chi connectivity index (χ3n) is 7.58. The van der Waals surface area contributed by atoms with Crippen molar-refractivity contribution in [3.63, 3.8) is 0 Å². The molecule has 3 heterocycles. The number of piperidine rings is 2. The highest BCUT2D eigenvalue weighted by atomic mass is 16.5. The van der Waals surface area contributed by atoms with E-state index in [-0.39, 0.29) is 24.3 Å². The highest BCUT2D eigenvalue weighted by molar-refractivity contribution is 6.22. The molecule has 3 aliphatic rings. The van der Waals surface area contributed by atoms with Crippen LogP contribution in [0.1, 0.15) is 62.7 Å². The summed E-state index contributed by atoms with van der Waals surface area (Å²) in [5.41, 5.74) is 0.934. The molecule has 0 radical (unpaired) electrons. The maximum atomic E-state index is 13.1. The summed E-state index contributed by atoms with van der Waals surface area (Å²) in [6.07, 6.45) is 6.29. The summed E-state index contributed by atoms with van der Waals surface area (Å²) in [5.74, 6) is 0.851. The van der Waals surface area contributed by atoms with Crippen LogP contribution in [0.4, 0.5) is 5.69 Å². The van der Waals surface area contributed by atoms with Gasteiger partial charge in [-0.15, -0.1) is 0 Å². The molecule has 4 rings (SSSR count). The Morgan fingerprint density at radius 2 is 1.67 bits per heavy atom. The first-order valence-corrected chi connectivity index (χ1v) is 12.6. The Balaban J connectivity index is 1.28. The lowest BCUT2D eigenvalue weighted by atomic mass is 9.91. The molecule has 2 amide bonds. The molecule has 0 spiro atoms. The molecule has 180 valence electrons. The van der Waals surface area contributed by atoms with Gasteiger partial charge in [-0.05, 0) is 108 Å².